The number of aromatic nitrogens is 1. The minimum absolute atomic E-state index is 0.204. The highest BCUT2D eigenvalue weighted by atomic mass is 16.5. The number of nitrogens with zero attached hydrogens (tertiary/aromatic N) is 1. The fraction of sp³-hybridized carbons (Fsp3) is 0.412. The number of amides is 2. The molecule has 0 saturated carbocycles. The number of benzene rings is 1. The van der Waals surface area contributed by atoms with Gasteiger partial charge in [0.2, 0.25) is 0 Å². The summed E-state index contributed by atoms with van der Waals surface area (Å²) in [5.74, 6) is 1.04. The zero-order valence-electron chi connectivity index (χ0n) is 13.2. The summed E-state index contributed by atoms with van der Waals surface area (Å²) in [4.78, 5) is 11.8. The molecule has 6 nitrogen and oxygen atoms in total. The molecular formula is C17H21N3O3. The summed E-state index contributed by atoms with van der Waals surface area (Å²) >= 11 is 0. The standard InChI is InChI=1S/C17H21N3O3/c1-12-2-4-14(5-3-12)16-8-15(23-20-16)10-19-17(21)18-9-13-6-7-22-11-13/h2-5,8,13H,6-7,9-11H2,1H3,(H2,18,19,21). The molecule has 0 radical (unpaired) electrons. The van der Waals surface area contributed by atoms with Crippen molar-refractivity contribution in [1.82, 2.24) is 15.8 Å². The second-order valence-corrected chi connectivity index (χ2v) is 5.84. The van der Waals surface area contributed by atoms with E-state index in [0.29, 0.717) is 24.8 Å². The Kier molecular flexibility index (Phi) is 4.92. The largest absolute Gasteiger partial charge is 0.381 e. The lowest BCUT2D eigenvalue weighted by molar-refractivity contribution is 0.185. The van der Waals surface area contributed by atoms with E-state index in [-0.39, 0.29) is 6.03 Å². The Bertz CT molecular complexity index is 645. The molecule has 2 N–H and O–H groups in total. The molecule has 1 fully saturated rings. The summed E-state index contributed by atoms with van der Waals surface area (Å²) in [6.07, 6.45) is 1.00. The van der Waals surface area contributed by atoms with Crippen LogP contribution in [0.25, 0.3) is 11.3 Å². The third kappa shape index (κ3) is 4.32. The van der Waals surface area contributed by atoms with Crippen LogP contribution in [0, 0.1) is 12.8 Å². The first-order chi connectivity index (χ1) is 11.2. The molecule has 122 valence electrons. The van der Waals surface area contributed by atoms with Gasteiger partial charge in [0.05, 0.1) is 13.2 Å². The average molecular weight is 315 g/mol. The molecule has 1 saturated heterocycles. The maximum absolute atomic E-state index is 11.8. The molecule has 6 heteroatoms. The number of aryl methyl sites for hydroxylation is 1. The van der Waals surface area contributed by atoms with Crippen molar-refractivity contribution in [2.24, 2.45) is 5.92 Å². The van der Waals surface area contributed by atoms with Crippen LogP contribution in [-0.4, -0.2) is 30.9 Å². The fourth-order valence-electron chi connectivity index (χ4n) is 2.47. The molecule has 1 aliphatic heterocycles. The molecule has 1 aromatic heterocycles. The second-order valence-electron chi connectivity index (χ2n) is 5.84. The Morgan fingerprint density at radius 3 is 2.87 bits per heavy atom. The van der Waals surface area contributed by atoms with Gasteiger partial charge in [-0.3, -0.25) is 0 Å². The molecule has 2 heterocycles. The molecule has 1 aliphatic rings. The predicted molar refractivity (Wildman–Crippen MR) is 85.8 cm³/mol. The number of urea groups is 1. The van der Waals surface area contributed by atoms with Crippen LogP contribution in [-0.2, 0) is 11.3 Å². The van der Waals surface area contributed by atoms with E-state index in [1.165, 1.54) is 5.56 Å². The molecule has 1 aromatic carbocycles. The van der Waals surface area contributed by atoms with E-state index < -0.39 is 0 Å². The van der Waals surface area contributed by atoms with E-state index >= 15 is 0 Å². The molecule has 23 heavy (non-hydrogen) atoms. The Morgan fingerprint density at radius 2 is 2.13 bits per heavy atom. The van der Waals surface area contributed by atoms with Crippen LogP contribution < -0.4 is 10.6 Å². The zero-order valence-corrected chi connectivity index (χ0v) is 13.2. The quantitative estimate of drug-likeness (QED) is 0.889. The Balaban J connectivity index is 1.47. The molecule has 0 aliphatic carbocycles. The van der Waals surface area contributed by atoms with Crippen molar-refractivity contribution in [2.75, 3.05) is 19.8 Å². The maximum atomic E-state index is 11.8. The monoisotopic (exact) mass is 315 g/mol. The molecule has 0 bridgehead atoms. The first-order valence-corrected chi connectivity index (χ1v) is 7.83. The third-order valence-corrected chi connectivity index (χ3v) is 3.90. The number of hydrogen-bond acceptors (Lipinski definition) is 4. The van der Waals surface area contributed by atoms with Gasteiger partial charge in [0.1, 0.15) is 5.69 Å². The van der Waals surface area contributed by atoms with Gasteiger partial charge in [-0.05, 0) is 13.3 Å². The van der Waals surface area contributed by atoms with Gasteiger partial charge in [0, 0.05) is 30.7 Å². The minimum Gasteiger partial charge on any atom is -0.381 e. The highest BCUT2D eigenvalue weighted by Gasteiger charge is 2.16. The van der Waals surface area contributed by atoms with E-state index in [9.17, 15) is 4.79 Å². The van der Waals surface area contributed by atoms with Gasteiger partial charge >= 0.3 is 6.03 Å². The van der Waals surface area contributed by atoms with Crippen molar-refractivity contribution < 1.29 is 14.1 Å². The van der Waals surface area contributed by atoms with Gasteiger partial charge in [-0.15, -0.1) is 0 Å². The third-order valence-electron chi connectivity index (χ3n) is 3.90. The number of hydrogen-bond donors (Lipinski definition) is 2. The summed E-state index contributed by atoms with van der Waals surface area (Å²) < 4.78 is 10.5. The van der Waals surface area contributed by atoms with E-state index in [1.807, 2.05) is 37.3 Å². The molecule has 3 rings (SSSR count). The fourth-order valence-corrected chi connectivity index (χ4v) is 2.47. The second kappa shape index (κ2) is 7.28. The highest BCUT2D eigenvalue weighted by Crippen LogP contribution is 2.19. The average Bonchev–Trinajstić information content (AvgIpc) is 3.23. The van der Waals surface area contributed by atoms with Gasteiger partial charge in [-0.1, -0.05) is 35.0 Å². The number of rotatable bonds is 5. The van der Waals surface area contributed by atoms with Crippen LogP contribution in [0.15, 0.2) is 34.9 Å². The lowest BCUT2D eigenvalue weighted by Crippen LogP contribution is -2.37. The summed E-state index contributed by atoms with van der Waals surface area (Å²) in [6, 6.07) is 9.70. The Morgan fingerprint density at radius 1 is 1.30 bits per heavy atom. The van der Waals surface area contributed by atoms with Gasteiger partial charge in [-0.2, -0.15) is 0 Å². The number of carbonyl (C=O) groups excluding carboxylic acids is 1. The number of ether oxygens (including phenoxy) is 1. The van der Waals surface area contributed by atoms with Gasteiger partial charge < -0.3 is 19.9 Å². The minimum atomic E-state index is -0.204. The van der Waals surface area contributed by atoms with Crippen molar-refractivity contribution >= 4 is 6.03 Å². The SMILES string of the molecule is Cc1ccc(-c2cc(CNC(=O)NCC3CCOC3)on2)cc1. The summed E-state index contributed by atoms with van der Waals surface area (Å²) in [6.45, 7) is 4.50. The van der Waals surface area contributed by atoms with Crippen molar-refractivity contribution in [3.05, 3.63) is 41.7 Å². The van der Waals surface area contributed by atoms with Crippen LogP contribution in [0.5, 0.6) is 0 Å². The Labute approximate surface area is 135 Å². The number of carbonyl (C=O) groups is 1. The maximum Gasteiger partial charge on any atom is 0.315 e. The van der Waals surface area contributed by atoms with E-state index in [2.05, 4.69) is 15.8 Å². The summed E-state index contributed by atoms with van der Waals surface area (Å²) in [5, 5.41) is 9.66. The van der Waals surface area contributed by atoms with Crippen molar-refractivity contribution in [3.63, 3.8) is 0 Å². The van der Waals surface area contributed by atoms with E-state index in [1.54, 1.807) is 0 Å². The zero-order chi connectivity index (χ0) is 16.1. The lowest BCUT2D eigenvalue weighted by Gasteiger charge is -2.09. The first kappa shape index (κ1) is 15.6. The molecule has 0 spiro atoms. The van der Waals surface area contributed by atoms with E-state index in [0.717, 1.165) is 30.9 Å². The first-order valence-electron chi connectivity index (χ1n) is 7.83. The molecule has 1 atom stereocenters. The van der Waals surface area contributed by atoms with Crippen molar-refractivity contribution in [3.8, 4) is 11.3 Å². The molecule has 1 unspecified atom stereocenters. The normalized spacial score (nSPS) is 17.2. The van der Waals surface area contributed by atoms with Gasteiger partial charge in [-0.25, -0.2) is 4.79 Å². The van der Waals surface area contributed by atoms with Gasteiger partial charge in [0.15, 0.2) is 5.76 Å². The van der Waals surface area contributed by atoms with E-state index in [4.69, 9.17) is 9.26 Å². The summed E-state index contributed by atoms with van der Waals surface area (Å²) in [5.41, 5.74) is 2.96. The van der Waals surface area contributed by atoms with Crippen LogP contribution in [0.3, 0.4) is 0 Å². The summed E-state index contributed by atoms with van der Waals surface area (Å²) in [7, 11) is 0. The number of nitrogens with one attached hydrogen (secondary N) is 2. The molecule has 2 aromatic rings. The van der Waals surface area contributed by atoms with Crippen LogP contribution in [0.2, 0.25) is 0 Å². The van der Waals surface area contributed by atoms with Crippen LogP contribution in [0.4, 0.5) is 4.79 Å². The van der Waals surface area contributed by atoms with Crippen molar-refractivity contribution in [2.45, 2.75) is 19.9 Å². The molecule has 2 amide bonds. The smallest absolute Gasteiger partial charge is 0.315 e. The predicted octanol–water partition coefficient (Wildman–Crippen LogP) is 2.49. The van der Waals surface area contributed by atoms with Gasteiger partial charge in [0.25, 0.3) is 0 Å². The topological polar surface area (TPSA) is 76.4 Å². The van der Waals surface area contributed by atoms with Crippen molar-refractivity contribution in [1.29, 1.82) is 0 Å². The lowest BCUT2D eigenvalue weighted by atomic mass is 10.1. The molecular weight excluding hydrogens is 294 g/mol. The van der Waals surface area contributed by atoms with Crippen LogP contribution in [0.1, 0.15) is 17.7 Å². The Hall–Kier alpha value is -2.34. The van der Waals surface area contributed by atoms with Crippen LogP contribution >= 0.6 is 0 Å². The highest BCUT2D eigenvalue weighted by molar-refractivity contribution is 5.73.